The zero-order chi connectivity index (χ0) is 12.5. The molecule has 4 heteroatoms. The Morgan fingerprint density at radius 2 is 2.06 bits per heavy atom. The molecule has 0 bridgehead atoms. The van der Waals surface area contributed by atoms with Gasteiger partial charge in [0.1, 0.15) is 11.8 Å². The molecule has 0 atom stereocenters. The summed E-state index contributed by atoms with van der Waals surface area (Å²) in [5.74, 6) is 0. The summed E-state index contributed by atoms with van der Waals surface area (Å²) < 4.78 is 1.77. The van der Waals surface area contributed by atoms with Crippen molar-refractivity contribution in [2.24, 2.45) is 0 Å². The van der Waals surface area contributed by atoms with Gasteiger partial charge in [0.15, 0.2) is 0 Å². The molecule has 0 aliphatic carbocycles. The van der Waals surface area contributed by atoms with E-state index in [9.17, 15) is 5.26 Å². The Labute approximate surface area is 106 Å². The summed E-state index contributed by atoms with van der Waals surface area (Å²) in [6, 6.07) is 12.1. The summed E-state index contributed by atoms with van der Waals surface area (Å²) in [5.41, 5.74) is 3.76. The van der Waals surface area contributed by atoms with Gasteiger partial charge in [-0.25, -0.2) is 4.68 Å². The highest BCUT2D eigenvalue weighted by atomic mass is 15.3. The van der Waals surface area contributed by atoms with E-state index in [1.807, 2.05) is 30.3 Å². The van der Waals surface area contributed by atoms with Gasteiger partial charge in [-0.3, -0.25) is 0 Å². The smallest absolute Gasteiger partial charge is 0.149 e. The fourth-order valence-corrected chi connectivity index (χ4v) is 2.38. The number of benzene rings is 1. The van der Waals surface area contributed by atoms with Crippen molar-refractivity contribution in [3.05, 3.63) is 47.3 Å². The Kier molecular flexibility index (Phi) is 2.62. The number of nitrogens with zero attached hydrogens (tertiary/aromatic N) is 4. The predicted octanol–water partition coefficient (Wildman–Crippen LogP) is 1.73. The number of hydrogen-bond donors (Lipinski definition) is 0. The molecule has 0 unspecified atom stereocenters. The largest absolute Gasteiger partial charge is 0.302 e. The van der Waals surface area contributed by atoms with Crippen molar-refractivity contribution >= 4 is 0 Å². The fraction of sp³-hybridized carbons (Fsp3) is 0.286. The van der Waals surface area contributed by atoms with E-state index in [-0.39, 0.29) is 0 Å². The monoisotopic (exact) mass is 238 g/mol. The van der Waals surface area contributed by atoms with Crippen LogP contribution in [0.3, 0.4) is 0 Å². The van der Waals surface area contributed by atoms with Crippen molar-refractivity contribution < 1.29 is 0 Å². The second-order valence-corrected chi connectivity index (χ2v) is 4.62. The molecule has 0 saturated carbocycles. The number of rotatable bonds is 1. The molecular formula is C14H14N4. The minimum atomic E-state index is 0.669. The molecule has 0 fully saturated rings. The molecule has 2 heterocycles. The van der Waals surface area contributed by atoms with Gasteiger partial charge in [-0.1, -0.05) is 18.2 Å². The maximum absolute atomic E-state index is 9.38. The second kappa shape index (κ2) is 4.28. The van der Waals surface area contributed by atoms with Crippen molar-refractivity contribution in [3.63, 3.8) is 0 Å². The van der Waals surface area contributed by atoms with Gasteiger partial charge in [-0.2, -0.15) is 10.4 Å². The number of nitriles is 1. The first-order chi connectivity index (χ1) is 8.79. The lowest BCUT2D eigenvalue weighted by Gasteiger charge is -2.20. The summed E-state index contributed by atoms with van der Waals surface area (Å²) in [7, 11) is 2.07. The summed E-state index contributed by atoms with van der Waals surface area (Å²) in [6.07, 6.45) is 0.917. The second-order valence-electron chi connectivity index (χ2n) is 4.62. The molecule has 1 aromatic carbocycles. The molecule has 0 radical (unpaired) electrons. The minimum absolute atomic E-state index is 0.669. The zero-order valence-electron chi connectivity index (χ0n) is 10.3. The van der Waals surface area contributed by atoms with Crippen LogP contribution in [0.4, 0.5) is 0 Å². The van der Waals surface area contributed by atoms with Crippen LogP contribution in [0.15, 0.2) is 30.3 Å². The maximum atomic E-state index is 9.38. The van der Waals surface area contributed by atoms with Crippen LogP contribution >= 0.6 is 0 Å². The highest BCUT2D eigenvalue weighted by Gasteiger charge is 2.23. The number of hydrogen-bond acceptors (Lipinski definition) is 3. The van der Waals surface area contributed by atoms with Crippen LogP contribution in [0, 0.1) is 11.3 Å². The summed E-state index contributed by atoms with van der Waals surface area (Å²) >= 11 is 0. The third-order valence-electron chi connectivity index (χ3n) is 3.33. The third-order valence-corrected chi connectivity index (χ3v) is 3.33. The first kappa shape index (κ1) is 11.0. The van der Waals surface area contributed by atoms with Crippen LogP contribution in [-0.4, -0.2) is 28.3 Å². The Morgan fingerprint density at radius 3 is 2.78 bits per heavy atom. The van der Waals surface area contributed by atoms with Crippen molar-refractivity contribution in [3.8, 4) is 11.8 Å². The van der Waals surface area contributed by atoms with Crippen LogP contribution in [0.25, 0.3) is 5.69 Å². The standard InChI is InChI=1S/C14H14N4/c1-17-8-7-13-12(10-17)14(9-15)18(16-13)11-5-3-2-4-6-11/h2-6H,7-8,10H2,1H3. The van der Waals surface area contributed by atoms with E-state index in [0.717, 1.165) is 36.5 Å². The first-order valence-electron chi connectivity index (χ1n) is 6.04. The van der Waals surface area contributed by atoms with Gasteiger partial charge in [-0.15, -0.1) is 0 Å². The lowest BCUT2D eigenvalue weighted by Crippen LogP contribution is -2.26. The van der Waals surface area contributed by atoms with Gasteiger partial charge in [0.05, 0.1) is 11.4 Å². The van der Waals surface area contributed by atoms with Crippen LogP contribution in [0.2, 0.25) is 0 Å². The van der Waals surface area contributed by atoms with Crippen LogP contribution in [0.5, 0.6) is 0 Å². The first-order valence-corrected chi connectivity index (χ1v) is 6.04. The van der Waals surface area contributed by atoms with E-state index in [2.05, 4.69) is 23.1 Å². The highest BCUT2D eigenvalue weighted by molar-refractivity contribution is 5.44. The van der Waals surface area contributed by atoms with Crippen LogP contribution < -0.4 is 0 Å². The molecule has 90 valence electrons. The lowest BCUT2D eigenvalue weighted by molar-refractivity contribution is 0.311. The van der Waals surface area contributed by atoms with E-state index < -0.39 is 0 Å². The number of aromatic nitrogens is 2. The molecule has 1 aliphatic rings. The quantitative estimate of drug-likeness (QED) is 0.760. The normalized spacial score (nSPS) is 15.1. The van der Waals surface area contributed by atoms with Gasteiger partial charge in [0.25, 0.3) is 0 Å². The average molecular weight is 238 g/mol. The van der Waals surface area contributed by atoms with Crippen LogP contribution in [0.1, 0.15) is 17.0 Å². The van der Waals surface area contributed by atoms with E-state index in [1.165, 1.54) is 0 Å². The molecule has 18 heavy (non-hydrogen) atoms. The summed E-state index contributed by atoms with van der Waals surface area (Å²) in [6.45, 7) is 1.81. The Bertz CT molecular complexity index is 607. The summed E-state index contributed by atoms with van der Waals surface area (Å²) in [4.78, 5) is 2.22. The number of para-hydroxylation sites is 1. The van der Waals surface area contributed by atoms with Gasteiger partial charge in [0, 0.05) is 25.1 Å². The van der Waals surface area contributed by atoms with Gasteiger partial charge >= 0.3 is 0 Å². The fourth-order valence-electron chi connectivity index (χ4n) is 2.38. The molecule has 0 amide bonds. The zero-order valence-corrected chi connectivity index (χ0v) is 10.3. The lowest BCUT2D eigenvalue weighted by atomic mass is 10.1. The molecule has 0 spiro atoms. The summed E-state index contributed by atoms with van der Waals surface area (Å²) in [5, 5.41) is 14.0. The SMILES string of the molecule is CN1CCc2nn(-c3ccccc3)c(C#N)c2C1. The number of likely N-dealkylation sites (N-methyl/N-ethyl adjacent to an activating group) is 1. The van der Waals surface area contributed by atoms with Gasteiger partial charge in [-0.05, 0) is 19.2 Å². The van der Waals surface area contributed by atoms with E-state index in [0.29, 0.717) is 5.69 Å². The highest BCUT2D eigenvalue weighted by Crippen LogP contribution is 2.23. The topological polar surface area (TPSA) is 44.9 Å². The molecule has 2 aromatic rings. The van der Waals surface area contributed by atoms with E-state index in [4.69, 9.17) is 0 Å². The molecule has 0 saturated heterocycles. The molecular weight excluding hydrogens is 224 g/mol. The van der Waals surface area contributed by atoms with Gasteiger partial charge < -0.3 is 4.90 Å². The third kappa shape index (κ3) is 1.69. The van der Waals surface area contributed by atoms with Crippen molar-refractivity contribution in [2.75, 3.05) is 13.6 Å². The Hall–Kier alpha value is -2.12. The maximum Gasteiger partial charge on any atom is 0.149 e. The molecule has 1 aromatic heterocycles. The van der Waals surface area contributed by atoms with Crippen LogP contribution in [-0.2, 0) is 13.0 Å². The van der Waals surface area contributed by atoms with Crippen molar-refractivity contribution in [1.82, 2.24) is 14.7 Å². The molecule has 0 N–H and O–H groups in total. The van der Waals surface area contributed by atoms with E-state index >= 15 is 0 Å². The Balaban J connectivity index is 2.15. The Morgan fingerprint density at radius 1 is 1.28 bits per heavy atom. The van der Waals surface area contributed by atoms with Crippen molar-refractivity contribution in [2.45, 2.75) is 13.0 Å². The predicted molar refractivity (Wildman–Crippen MR) is 68.3 cm³/mol. The molecule has 4 nitrogen and oxygen atoms in total. The van der Waals surface area contributed by atoms with E-state index in [1.54, 1.807) is 4.68 Å². The molecule has 1 aliphatic heterocycles. The van der Waals surface area contributed by atoms with Gasteiger partial charge in [0.2, 0.25) is 0 Å². The van der Waals surface area contributed by atoms with Crippen molar-refractivity contribution in [1.29, 1.82) is 5.26 Å². The average Bonchev–Trinajstić information content (AvgIpc) is 2.77. The minimum Gasteiger partial charge on any atom is -0.302 e. The molecule has 3 rings (SSSR count). The number of fused-ring (bicyclic) bond motifs is 1.